The molecule has 17 heavy (non-hydrogen) atoms. The van der Waals surface area contributed by atoms with Gasteiger partial charge in [-0.05, 0) is 51.8 Å². The lowest BCUT2D eigenvalue weighted by Gasteiger charge is -2.29. The van der Waals surface area contributed by atoms with Crippen LogP contribution in [0.1, 0.15) is 52.6 Å². The van der Waals surface area contributed by atoms with Gasteiger partial charge in [-0.2, -0.15) is 0 Å². The van der Waals surface area contributed by atoms with Gasteiger partial charge in [0.2, 0.25) is 0 Å². The van der Waals surface area contributed by atoms with Crippen molar-refractivity contribution in [2.24, 2.45) is 0 Å². The van der Waals surface area contributed by atoms with Gasteiger partial charge < -0.3 is 10.1 Å². The second-order valence-electron chi connectivity index (χ2n) is 5.11. The summed E-state index contributed by atoms with van der Waals surface area (Å²) >= 11 is 0. The van der Waals surface area contributed by atoms with Crippen LogP contribution in [-0.4, -0.2) is 12.1 Å². The fourth-order valence-corrected chi connectivity index (χ4v) is 1.79. The molecular formula is C15H25NO. The Morgan fingerprint density at radius 1 is 1.18 bits per heavy atom. The molecule has 0 aromatic heterocycles. The normalized spacial score (nSPS) is 13.5. The van der Waals surface area contributed by atoms with E-state index in [4.69, 9.17) is 4.74 Å². The van der Waals surface area contributed by atoms with Crippen molar-refractivity contribution in [1.29, 1.82) is 0 Å². The number of ether oxygens (including phenoxy) is 1. The van der Waals surface area contributed by atoms with Crippen LogP contribution >= 0.6 is 0 Å². The van der Waals surface area contributed by atoms with Crippen LogP contribution in [0, 0.1) is 0 Å². The monoisotopic (exact) mass is 235 g/mol. The molecular weight excluding hydrogens is 210 g/mol. The average molecular weight is 235 g/mol. The van der Waals surface area contributed by atoms with Gasteiger partial charge in [-0.3, -0.25) is 0 Å². The first kappa shape index (κ1) is 14.0. The second-order valence-corrected chi connectivity index (χ2v) is 5.11. The van der Waals surface area contributed by atoms with Crippen molar-refractivity contribution in [3.8, 4) is 5.75 Å². The smallest absolute Gasteiger partial charge is 0.119 e. The lowest BCUT2D eigenvalue weighted by Crippen LogP contribution is -2.40. The Balaban J connectivity index is 2.66. The Kier molecular flexibility index (Phi) is 5.01. The minimum Gasteiger partial charge on any atom is -0.494 e. The van der Waals surface area contributed by atoms with Gasteiger partial charge in [-0.1, -0.05) is 19.1 Å². The molecule has 0 saturated carbocycles. The van der Waals surface area contributed by atoms with Gasteiger partial charge in [-0.15, -0.1) is 0 Å². The van der Waals surface area contributed by atoms with Crippen molar-refractivity contribution in [3.63, 3.8) is 0 Å². The quantitative estimate of drug-likeness (QED) is 0.806. The molecule has 2 heteroatoms. The van der Waals surface area contributed by atoms with E-state index in [0.29, 0.717) is 6.04 Å². The maximum absolute atomic E-state index is 5.44. The SMILES string of the molecule is CCOc1ccc(C(C)NC(C)(C)CC)cc1. The summed E-state index contributed by atoms with van der Waals surface area (Å²) < 4.78 is 5.44. The molecule has 2 nitrogen and oxygen atoms in total. The zero-order valence-electron chi connectivity index (χ0n) is 11.7. The van der Waals surface area contributed by atoms with E-state index in [1.807, 2.05) is 19.1 Å². The zero-order chi connectivity index (χ0) is 12.9. The van der Waals surface area contributed by atoms with Gasteiger partial charge in [0, 0.05) is 11.6 Å². The van der Waals surface area contributed by atoms with Crippen molar-refractivity contribution in [1.82, 2.24) is 5.32 Å². The highest BCUT2D eigenvalue weighted by atomic mass is 16.5. The Morgan fingerprint density at radius 2 is 1.76 bits per heavy atom. The first-order valence-corrected chi connectivity index (χ1v) is 6.49. The van der Waals surface area contributed by atoms with Crippen LogP contribution in [-0.2, 0) is 0 Å². The van der Waals surface area contributed by atoms with E-state index in [-0.39, 0.29) is 5.54 Å². The van der Waals surface area contributed by atoms with Crippen LogP contribution < -0.4 is 10.1 Å². The van der Waals surface area contributed by atoms with Crippen LogP contribution in [0.4, 0.5) is 0 Å². The summed E-state index contributed by atoms with van der Waals surface area (Å²) in [7, 11) is 0. The molecule has 0 aliphatic rings. The van der Waals surface area contributed by atoms with Gasteiger partial charge in [0.05, 0.1) is 6.61 Å². The molecule has 0 spiro atoms. The second kappa shape index (κ2) is 6.06. The standard InChI is InChI=1S/C15H25NO/c1-6-15(4,5)16-12(3)13-8-10-14(11-9-13)17-7-2/h8-12,16H,6-7H2,1-5H3. The summed E-state index contributed by atoms with van der Waals surface area (Å²) in [6.07, 6.45) is 1.12. The minimum atomic E-state index is 0.179. The molecule has 0 bridgehead atoms. The van der Waals surface area contributed by atoms with Gasteiger partial charge in [0.15, 0.2) is 0 Å². The fraction of sp³-hybridized carbons (Fsp3) is 0.600. The molecule has 1 N–H and O–H groups in total. The van der Waals surface area contributed by atoms with E-state index >= 15 is 0 Å². The highest BCUT2D eigenvalue weighted by Crippen LogP contribution is 2.21. The predicted octanol–water partition coefficient (Wildman–Crippen LogP) is 3.92. The van der Waals surface area contributed by atoms with Gasteiger partial charge >= 0.3 is 0 Å². The Hall–Kier alpha value is -1.02. The first-order valence-electron chi connectivity index (χ1n) is 6.49. The van der Waals surface area contributed by atoms with E-state index in [1.165, 1.54) is 5.56 Å². The van der Waals surface area contributed by atoms with E-state index in [9.17, 15) is 0 Å². The third-order valence-corrected chi connectivity index (χ3v) is 3.18. The molecule has 96 valence electrons. The van der Waals surface area contributed by atoms with Gasteiger partial charge in [0.1, 0.15) is 5.75 Å². The molecule has 0 heterocycles. The van der Waals surface area contributed by atoms with Gasteiger partial charge in [0.25, 0.3) is 0 Å². The van der Waals surface area contributed by atoms with Crippen molar-refractivity contribution in [3.05, 3.63) is 29.8 Å². The van der Waals surface area contributed by atoms with Crippen molar-refractivity contribution in [2.75, 3.05) is 6.61 Å². The summed E-state index contributed by atoms with van der Waals surface area (Å²) in [5, 5.41) is 3.63. The molecule has 0 radical (unpaired) electrons. The highest BCUT2D eigenvalue weighted by molar-refractivity contribution is 5.29. The van der Waals surface area contributed by atoms with E-state index in [1.54, 1.807) is 0 Å². The zero-order valence-corrected chi connectivity index (χ0v) is 11.7. The molecule has 1 rings (SSSR count). The third kappa shape index (κ3) is 4.39. The summed E-state index contributed by atoms with van der Waals surface area (Å²) in [4.78, 5) is 0. The van der Waals surface area contributed by atoms with E-state index < -0.39 is 0 Å². The molecule has 1 aromatic rings. The molecule has 1 unspecified atom stereocenters. The summed E-state index contributed by atoms with van der Waals surface area (Å²) in [6, 6.07) is 8.70. The molecule has 1 atom stereocenters. The highest BCUT2D eigenvalue weighted by Gasteiger charge is 2.18. The van der Waals surface area contributed by atoms with Gasteiger partial charge in [-0.25, -0.2) is 0 Å². The molecule has 1 aromatic carbocycles. The maximum atomic E-state index is 5.44. The number of rotatable bonds is 6. The molecule has 0 aliphatic heterocycles. The lowest BCUT2D eigenvalue weighted by molar-refractivity contribution is 0.334. The Labute approximate surface area is 105 Å². The molecule has 0 amide bonds. The number of hydrogen-bond donors (Lipinski definition) is 1. The van der Waals surface area contributed by atoms with E-state index in [0.717, 1.165) is 18.8 Å². The molecule has 0 aliphatic carbocycles. The third-order valence-electron chi connectivity index (χ3n) is 3.18. The minimum absolute atomic E-state index is 0.179. The summed E-state index contributed by atoms with van der Waals surface area (Å²) in [5.74, 6) is 0.943. The maximum Gasteiger partial charge on any atom is 0.119 e. The summed E-state index contributed by atoms with van der Waals surface area (Å²) in [5.41, 5.74) is 1.48. The molecule has 0 saturated heterocycles. The number of nitrogens with one attached hydrogen (secondary N) is 1. The van der Waals surface area contributed by atoms with Crippen LogP contribution in [0.3, 0.4) is 0 Å². The predicted molar refractivity (Wildman–Crippen MR) is 73.5 cm³/mol. The Bertz CT molecular complexity index is 329. The topological polar surface area (TPSA) is 21.3 Å². The van der Waals surface area contributed by atoms with Crippen molar-refractivity contribution in [2.45, 2.75) is 52.6 Å². The van der Waals surface area contributed by atoms with Crippen LogP contribution in [0.2, 0.25) is 0 Å². The van der Waals surface area contributed by atoms with E-state index in [2.05, 4.69) is 45.1 Å². The summed E-state index contributed by atoms with van der Waals surface area (Å²) in [6.45, 7) is 11.6. The van der Waals surface area contributed by atoms with Crippen LogP contribution in [0.15, 0.2) is 24.3 Å². The lowest BCUT2D eigenvalue weighted by atomic mass is 9.98. The first-order chi connectivity index (χ1) is 7.98. The number of hydrogen-bond acceptors (Lipinski definition) is 2. The van der Waals surface area contributed by atoms with Crippen molar-refractivity contribution < 1.29 is 4.74 Å². The van der Waals surface area contributed by atoms with Crippen molar-refractivity contribution >= 4 is 0 Å². The van der Waals surface area contributed by atoms with Crippen LogP contribution in [0.5, 0.6) is 5.75 Å². The number of benzene rings is 1. The molecule has 0 fully saturated rings. The Morgan fingerprint density at radius 3 is 2.24 bits per heavy atom. The fourth-order valence-electron chi connectivity index (χ4n) is 1.79. The average Bonchev–Trinajstić information content (AvgIpc) is 2.30. The van der Waals surface area contributed by atoms with Crippen LogP contribution in [0.25, 0.3) is 0 Å². The largest absolute Gasteiger partial charge is 0.494 e.